The first-order valence-electron chi connectivity index (χ1n) is 5.62. The van der Waals surface area contributed by atoms with Gasteiger partial charge >= 0.3 is 0 Å². The number of allylic oxidation sites excluding steroid dienone is 7. The molecular formula is C15H24. The Hall–Kier alpha value is -1.04. The lowest BCUT2D eigenvalue weighted by atomic mass is 10.1. The molecule has 0 atom stereocenters. The van der Waals surface area contributed by atoms with Crippen molar-refractivity contribution in [1.82, 2.24) is 0 Å². The predicted molar refractivity (Wildman–Crippen MR) is 71.0 cm³/mol. The Labute approximate surface area is 95.1 Å². The van der Waals surface area contributed by atoms with Crippen molar-refractivity contribution in [3.63, 3.8) is 0 Å². The van der Waals surface area contributed by atoms with Gasteiger partial charge in [-0.15, -0.1) is 0 Å². The molecule has 0 rings (SSSR count). The quantitative estimate of drug-likeness (QED) is 0.412. The Bertz CT molecular complexity index is 266. The minimum Gasteiger partial charge on any atom is -0.0995 e. The normalized spacial score (nSPS) is 10.1. The summed E-state index contributed by atoms with van der Waals surface area (Å²) in [5.74, 6) is 0. The van der Waals surface area contributed by atoms with Crippen molar-refractivity contribution in [2.24, 2.45) is 0 Å². The largest absolute Gasteiger partial charge is 0.0995 e. The van der Waals surface area contributed by atoms with Gasteiger partial charge in [0.05, 0.1) is 0 Å². The third-order valence-corrected chi connectivity index (χ3v) is 2.02. The summed E-state index contributed by atoms with van der Waals surface area (Å²) < 4.78 is 0. The molecule has 0 N–H and O–H groups in total. The van der Waals surface area contributed by atoms with E-state index in [4.69, 9.17) is 0 Å². The van der Waals surface area contributed by atoms with Gasteiger partial charge in [0.1, 0.15) is 0 Å². The van der Waals surface area contributed by atoms with Crippen LogP contribution in [-0.4, -0.2) is 0 Å². The maximum atomic E-state index is 4.07. The first-order chi connectivity index (χ1) is 7.02. The van der Waals surface area contributed by atoms with Crippen LogP contribution in [0.3, 0.4) is 0 Å². The number of hydrogen-bond acceptors (Lipinski definition) is 0. The van der Waals surface area contributed by atoms with Gasteiger partial charge in [-0.3, -0.25) is 0 Å². The molecule has 0 saturated carbocycles. The van der Waals surface area contributed by atoms with Crippen molar-refractivity contribution >= 4 is 0 Å². The second kappa shape index (κ2) is 8.28. The van der Waals surface area contributed by atoms with Crippen LogP contribution >= 0.6 is 0 Å². The van der Waals surface area contributed by atoms with Gasteiger partial charge in [-0.1, -0.05) is 47.6 Å². The summed E-state index contributed by atoms with van der Waals surface area (Å²) in [5.41, 5.74) is 4.04. The standard InChI is InChI=1S/C15H24/c1-13(2)9-6-7-11-15(5)12-8-10-14(3)4/h6-7,9-10H,5,8,11-12H2,1-4H3/b7-6+. The molecule has 0 heteroatoms. The highest BCUT2D eigenvalue weighted by Gasteiger charge is 1.89. The van der Waals surface area contributed by atoms with E-state index in [0.717, 1.165) is 19.3 Å². The van der Waals surface area contributed by atoms with Gasteiger partial charge in [-0.2, -0.15) is 0 Å². The van der Waals surface area contributed by atoms with Gasteiger partial charge < -0.3 is 0 Å². The highest BCUT2D eigenvalue weighted by Crippen LogP contribution is 2.09. The predicted octanol–water partition coefficient (Wildman–Crippen LogP) is 5.20. The molecule has 0 aliphatic carbocycles. The topological polar surface area (TPSA) is 0 Å². The minimum atomic E-state index is 1.00. The lowest BCUT2D eigenvalue weighted by Crippen LogP contribution is -1.79. The molecule has 0 nitrogen and oxygen atoms in total. The maximum absolute atomic E-state index is 4.07. The van der Waals surface area contributed by atoms with Gasteiger partial charge in [0.15, 0.2) is 0 Å². The van der Waals surface area contributed by atoms with Gasteiger partial charge in [0.2, 0.25) is 0 Å². The Balaban J connectivity index is 3.72. The summed E-state index contributed by atoms with van der Waals surface area (Å²) in [4.78, 5) is 0. The van der Waals surface area contributed by atoms with Gasteiger partial charge in [-0.25, -0.2) is 0 Å². The van der Waals surface area contributed by atoms with E-state index in [1.54, 1.807) is 0 Å². The average molecular weight is 204 g/mol. The molecule has 0 amide bonds. The molecule has 0 aromatic carbocycles. The van der Waals surface area contributed by atoms with E-state index < -0.39 is 0 Å². The Morgan fingerprint density at radius 1 is 1.07 bits per heavy atom. The van der Waals surface area contributed by atoms with Gasteiger partial charge in [0, 0.05) is 0 Å². The van der Waals surface area contributed by atoms with Crippen LogP contribution in [0.5, 0.6) is 0 Å². The van der Waals surface area contributed by atoms with E-state index in [2.05, 4.69) is 58.6 Å². The third-order valence-electron chi connectivity index (χ3n) is 2.02. The lowest BCUT2D eigenvalue weighted by molar-refractivity contribution is 0.938. The summed E-state index contributed by atoms with van der Waals surface area (Å²) in [5, 5.41) is 0. The minimum absolute atomic E-state index is 1.00. The lowest BCUT2D eigenvalue weighted by Gasteiger charge is -1.99. The summed E-state index contributed by atoms with van der Waals surface area (Å²) in [6.07, 6.45) is 11.9. The summed E-state index contributed by atoms with van der Waals surface area (Å²) >= 11 is 0. The van der Waals surface area contributed by atoms with Crippen molar-refractivity contribution < 1.29 is 0 Å². The zero-order chi connectivity index (χ0) is 11.7. The monoisotopic (exact) mass is 204 g/mol. The fourth-order valence-corrected chi connectivity index (χ4v) is 1.16. The van der Waals surface area contributed by atoms with Gasteiger partial charge in [0.25, 0.3) is 0 Å². The molecule has 0 saturated heterocycles. The molecule has 0 heterocycles. The number of rotatable bonds is 6. The van der Waals surface area contributed by atoms with Crippen molar-refractivity contribution in [3.8, 4) is 0 Å². The second-order valence-electron chi connectivity index (χ2n) is 4.45. The highest BCUT2D eigenvalue weighted by atomic mass is 14.0. The van der Waals surface area contributed by atoms with E-state index in [1.165, 1.54) is 16.7 Å². The number of hydrogen-bond donors (Lipinski definition) is 0. The molecule has 0 unspecified atom stereocenters. The Morgan fingerprint density at radius 2 is 1.73 bits per heavy atom. The van der Waals surface area contributed by atoms with Crippen LogP contribution in [0, 0.1) is 0 Å². The van der Waals surface area contributed by atoms with Crippen LogP contribution in [-0.2, 0) is 0 Å². The van der Waals surface area contributed by atoms with E-state index in [0.29, 0.717) is 0 Å². The van der Waals surface area contributed by atoms with Crippen LogP contribution in [0.25, 0.3) is 0 Å². The zero-order valence-corrected chi connectivity index (χ0v) is 10.6. The molecule has 15 heavy (non-hydrogen) atoms. The molecule has 0 fully saturated rings. The fraction of sp³-hybridized carbons (Fsp3) is 0.467. The summed E-state index contributed by atoms with van der Waals surface area (Å²) in [6.45, 7) is 12.6. The first-order valence-corrected chi connectivity index (χ1v) is 5.62. The van der Waals surface area contributed by atoms with Crippen LogP contribution in [0.1, 0.15) is 47.0 Å². The van der Waals surface area contributed by atoms with Crippen molar-refractivity contribution in [1.29, 1.82) is 0 Å². The third kappa shape index (κ3) is 10.9. The zero-order valence-electron chi connectivity index (χ0n) is 10.6. The molecule has 0 radical (unpaired) electrons. The summed E-state index contributed by atoms with van der Waals surface area (Å²) in [7, 11) is 0. The molecule has 0 spiro atoms. The molecule has 0 aromatic rings. The van der Waals surface area contributed by atoms with Crippen LogP contribution in [0.15, 0.2) is 47.6 Å². The van der Waals surface area contributed by atoms with Crippen molar-refractivity contribution in [2.75, 3.05) is 0 Å². The fourth-order valence-electron chi connectivity index (χ4n) is 1.16. The van der Waals surface area contributed by atoms with Crippen molar-refractivity contribution in [2.45, 2.75) is 47.0 Å². The maximum Gasteiger partial charge on any atom is -0.0138 e. The Morgan fingerprint density at radius 3 is 2.27 bits per heavy atom. The van der Waals surface area contributed by atoms with Crippen LogP contribution < -0.4 is 0 Å². The first kappa shape index (κ1) is 14.0. The SMILES string of the molecule is C=C(C/C=C/C=C(C)C)CCC=C(C)C. The van der Waals surface area contributed by atoms with E-state index in [9.17, 15) is 0 Å². The molecular weight excluding hydrogens is 180 g/mol. The average Bonchev–Trinajstić information content (AvgIpc) is 2.11. The van der Waals surface area contributed by atoms with E-state index in [-0.39, 0.29) is 0 Å². The van der Waals surface area contributed by atoms with Crippen LogP contribution in [0.2, 0.25) is 0 Å². The van der Waals surface area contributed by atoms with Crippen LogP contribution in [0.4, 0.5) is 0 Å². The van der Waals surface area contributed by atoms with Crippen molar-refractivity contribution in [3.05, 3.63) is 47.6 Å². The highest BCUT2D eigenvalue weighted by molar-refractivity contribution is 5.12. The summed E-state index contributed by atoms with van der Waals surface area (Å²) in [6, 6.07) is 0. The molecule has 0 aliphatic rings. The second-order valence-corrected chi connectivity index (χ2v) is 4.45. The molecule has 84 valence electrons. The van der Waals surface area contributed by atoms with E-state index >= 15 is 0 Å². The molecule has 0 aliphatic heterocycles. The smallest absolute Gasteiger partial charge is 0.0138 e. The van der Waals surface area contributed by atoms with E-state index in [1.807, 2.05) is 0 Å². The van der Waals surface area contributed by atoms with Gasteiger partial charge in [-0.05, 0) is 47.0 Å². The Kier molecular flexibility index (Phi) is 7.71. The molecule has 0 aromatic heterocycles. The molecule has 0 bridgehead atoms.